The van der Waals surface area contributed by atoms with Gasteiger partial charge in [-0.3, -0.25) is 0 Å². The van der Waals surface area contributed by atoms with Gasteiger partial charge in [-0.25, -0.2) is 26.8 Å². The zero-order chi connectivity index (χ0) is 47.7. The van der Waals surface area contributed by atoms with E-state index in [0.29, 0.717) is 36.9 Å². The highest BCUT2D eigenvalue weighted by atomic mass is 32.2. The van der Waals surface area contributed by atoms with Gasteiger partial charge in [-0.1, -0.05) is 30.3 Å². The topological polar surface area (TPSA) is 367 Å². The number of anilines is 2. The molecule has 12 N–H and O–H groups in total. The van der Waals surface area contributed by atoms with Crippen molar-refractivity contribution >= 4 is 74.7 Å². The lowest BCUT2D eigenvalue weighted by Gasteiger charge is -2.30. The maximum atomic E-state index is 12.7. The third-order valence-electron chi connectivity index (χ3n) is 10.7. The van der Waals surface area contributed by atoms with Gasteiger partial charge in [0.15, 0.2) is 6.23 Å². The number of aryl methyl sites for hydroxylation is 3. The predicted molar refractivity (Wildman–Crippen MR) is 237 cm³/mol. The summed E-state index contributed by atoms with van der Waals surface area (Å²) in [6.45, 7) is 0.244. The molecule has 4 aromatic carbocycles. The van der Waals surface area contributed by atoms with Crippen molar-refractivity contribution in [2.75, 3.05) is 30.4 Å². The Balaban J connectivity index is 1.30. The van der Waals surface area contributed by atoms with Crippen LogP contribution in [0.15, 0.2) is 70.5 Å². The normalized spacial score (nSPS) is 16.2. The van der Waals surface area contributed by atoms with Crippen molar-refractivity contribution in [2.45, 2.75) is 85.4 Å². The Hall–Kier alpha value is -4.32. The van der Waals surface area contributed by atoms with Crippen LogP contribution < -0.4 is 10.6 Å². The largest absolute Gasteiger partial charge is 0.744 e. The molecule has 24 heteroatoms. The first-order valence-electron chi connectivity index (χ1n) is 19.7. The molecule has 2 aromatic heterocycles. The summed E-state index contributed by atoms with van der Waals surface area (Å²) in [5.74, 6) is 0. The minimum absolute atomic E-state index is 0.000642. The van der Waals surface area contributed by atoms with E-state index in [9.17, 15) is 77.0 Å². The molecule has 20 nitrogen and oxygen atoms in total. The Labute approximate surface area is 379 Å². The molecular weight excluding hydrogens is 933 g/mol. The molecule has 0 aliphatic carbocycles. The Morgan fingerprint density at radius 1 is 0.631 bits per heavy atom. The summed E-state index contributed by atoms with van der Waals surface area (Å²) in [5.41, 5.74) is 2.76. The maximum Gasteiger partial charge on any atom is 0.153 e. The van der Waals surface area contributed by atoms with Crippen molar-refractivity contribution in [1.82, 2.24) is 9.97 Å². The first-order chi connectivity index (χ1) is 30.5. The average Bonchev–Trinajstić information content (AvgIpc) is 3.90. The van der Waals surface area contributed by atoms with Gasteiger partial charge in [-0.05, 0) is 73.7 Å². The number of benzene rings is 4. The van der Waals surface area contributed by atoms with Crippen LogP contribution >= 0.6 is 22.7 Å². The maximum absolute atomic E-state index is 12.7. The van der Waals surface area contributed by atoms with E-state index >= 15 is 0 Å². The molecular formula is C41H46N4O16S4-2. The highest BCUT2D eigenvalue weighted by Crippen LogP contribution is 2.39. The van der Waals surface area contributed by atoms with Crippen LogP contribution in [0.1, 0.15) is 22.3 Å². The number of nitrogens with one attached hydrogen (secondary N) is 2. The Kier molecular flexibility index (Phi) is 15.6. The summed E-state index contributed by atoms with van der Waals surface area (Å²) < 4.78 is 75.4. The van der Waals surface area contributed by atoms with Crippen molar-refractivity contribution in [2.24, 2.45) is 0 Å². The van der Waals surface area contributed by atoms with Crippen LogP contribution in [-0.4, -0.2) is 156 Å². The molecule has 6 aromatic rings. The second kappa shape index (κ2) is 20.3. The Morgan fingerprint density at radius 3 is 1.83 bits per heavy atom. The molecule has 352 valence electrons. The van der Waals surface area contributed by atoms with Crippen LogP contribution in [0, 0.1) is 13.8 Å². The number of fused-ring (bicyclic) bond motifs is 2. The number of nitrogens with zero attached hydrogens (tertiary/aromatic N) is 2. The number of hydrogen-bond donors (Lipinski definition) is 12. The van der Waals surface area contributed by atoms with Crippen molar-refractivity contribution in [3.63, 3.8) is 0 Å². The molecule has 65 heavy (non-hydrogen) atoms. The van der Waals surface area contributed by atoms with Crippen LogP contribution in [0.3, 0.4) is 0 Å². The summed E-state index contributed by atoms with van der Waals surface area (Å²) in [7, 11) is -10.1. The molecule has 0 saturated heterocycles. The first kappa shape index (κ1) is 50.1. The summed E-state index contributed by atoms with van der Waals surface area (Å²) in [5, 5.41) is 107. The van der Waals surface area contributed by atoms with Gasteiger partial charge < -0.3 is 70.8 Å². The highest BCUT2D eigenvalue weighted by molar-refractivity contribution is 7.86. The molecule has 0 aliphatic heterocycles. The second-order valence-corrected chi connectivity index (χ2v) is 20.0. The van der Waals surface area contributed by atoms with E-state index in [1.807, 2.05) is 6.07 Å². The van der Waals surface area contributed by atoms with Gasteiger partial charge in [0.25, 0.3) is 0 Å². The van der Waals surface area contributed by atoms with Gasteiger partial charge in [-0.2, -0.15) is 0 Å². The molecule has 0 saturated carbocycles. The minimum atomic E-state index is -5.30. The lowest BCUT2D eigenvalue weighted by Crippen LogP contribution is -2.48. The molecule has 0 radical (unpaired) electrons. The monoisotopic (exact) mass is 978 g/mol. The molecule has 0 fully saturated rings. The van der Waals surface area contributed by atoms with Gasteiger partial charge >= 0.3 is 0 Å². The molecule has 2 heterocycles. The lowest BCUT2D eigenvalue weighted by molar-refractivity contribution is -0.111. The van der Waals surface area contributed by atoms with E-state index < -0.39 is 99.5 Å². The first-order valence-corrected chi connectivity index (χ1v) is 24.1. The highest BCUT2D eigenvalue weighted by Gasteiger charge is 2.33. The van der Waals surface area contributed by atoms with E-state index in [1.165, 1.54) is 36.5 Å². The minimum Gasteiger partial charge on any atom is -0.744 e. The summed E-state index contributed by atoms with van der Waals surface area (Å²) in [4.78, 5) is 8.10. The summed E-state index contributed by atoms with van der Waals surface area (Å²) >= 11 is 2.62. The standard InChI is InChI=1S/C41H48N4O16S4/c1-18-3-12-28-33(38(18)65(59,60)61)45-41(62-28)22-9-11-24-29(14-22)63-40(43-24)21-7-4-20(5-8-21)6-10-23-31(44-39(55)37(54)36(53)27(50)17-47)19(2)13-30(64(56,57)58)32(23)42-15-25(48)34(51)35(52)26(49)16-46/h3-5,7-9,11-14,25-27,34-37,39,42,44,46-55H,6,10,15-17H2,1-2H3,(H,56,57,58)(H,59,60,61)/p-2. The van der Waals surface area contributed by atoms with Crippen LogP contribution in [0.4, 0.5) is 11.4 Å². The fourth-order valence-electron chi connectivity index (χ4n) is 7.12. The summed E-state index contributed by atoms with van der Waals surface area (Å²) in [6.07, 6.45) is -15.9. The zero-order valence-corrected chi connectivity index (χ0v) is 37.6. The predicted octanol–water partition coefficient (Wildman–Crippen LogP) is 0.103. The smallest absolute Gasteiger partial charge is 0.153 e. The number of aliphatic hydroxyl groups excluding tert-OH is 10. The molecule has 6 rings (SSSR count). The van der Waals surface area contributed by atoms with Crippen molar-refractivity contribution in [3.8, 4) is 21.1 Å². The van der Waals surface area contributed by atoms with Gasteiger partial charge in [0.05, 0.1) is 55.2 Å². The average molecular weight is 979 g/mol. The van der Waals surface area contributed by atoms with Crippen molar-refractivity contribution < 1.29 is 77.0 Å². The van der Waals surface area contributed by atoms with Crippen molar-refractivity contribution in [1.29, 1.82) is 0 Å². The molecule has 0 bridgehead atoms. The van der Waals surface area contributed by atoms with Gasteiger partial charge in [0.2, 0.25) is 0 Å². The fourth-order valence-corrected chi connectivity index (χ4v) is 10.8. The van der Waals surface area contributed by atoms with Crippen LogP contribution in [0.5, 0.6) is 0 Å². The number of thiazole rings is 2. The van der Waals surface area contributed by atoms with E-state index in [-0.39, 0.29) is 40.1 Å². The van der Waals surface area contributed by atoms with Crippen molar-refractivity contribution in [3.05, 3.63) is 82.9 Å². The van der Waals surface area contributed by atoms with Gasteiger partial charge in [-0.15, -0.1) is 22.7 Å². The van der Waals surface area contributed by atoms with Crippen LogP contribution in [0.25, 0.3) is 41.6 Å². The molecule has 0 spiro atoms. The zero-order valence-electron chi connectivity index (χ0n) is 34.4. The number of hydrogen-bond acceptors (Lipinski definition) is 22. The number of aromatic nitrogens is 2. The number of rotatable bonds is 20. The second-order valence-electron chi connectivity index (χ2n) is 15.3. The van der Waals surface area contributed by atoms with E-state index in [4.69, 9.17) is 4.98 Å². The fraction of sp³-hybridized carbons (Fsp3) is 0.366. The third kappa shape index (κ3) is 11.1. The van der Waals surface area contributed by atoms with Crippen LogP contribution in [-0.2, 0) is 33.1 Å². The van der Waals surface area contributed by atoms with E-state index in [2.05, 4.69) is 15.6 Å². The quantitative estimate of drug-likeness (QED) is 0.0357. The SMILES string of the molecule is Cc1cc(S(=O)(=O)[O-])c(NCC(O)C(O)C(O)C(O)CO)c(CCc2ccc(-c3nc4ccc(-c5nc6c(S(=O)(=O)[O-])c(C)ccc6s5)cc4s3)cc2)c1NC(O)C(O)C(O)C(O)CO. The van der Waals surface area contributed by atoms with E-state index in [0.717, 1.165) is 16.3 Å². The van der Waals surface area contributed by atoms with Gasteiger partial charge in [0.1, 0.15) is 66.9 Å². The third-order valence-corrected chi connectivity index (χ3v) is 14.7. The van der Waals surface area contributed by atoms with Gasteiger partial charge in [0, 0.05) is 28.9 Å². The number of aliphatic hydroxyl groups is 10. The molecule has 0 aliphatic rings. The molecule has 8 atom stereocenters. The molecule has 0 amide bonds. The Morgan fingerprint density at radius 2 is 1.22 bits per heavy atom. The van der Waals surface area contributed by atoms with Crippen LogP contribution in [0.2, 0.25) is 0 Å². The Bertz CT molecular complexity index is 2880. The summed E-state index contributed by atoms with van der Waals surface area (Å²) in [6, 6.07) is 16.8. The molecule has 8 unspecified atom stereocenters. The van der Waals surface area contributed by atoms with E-state index in [1.54, 1.807) is 48.5 Å². The lowest BCUT2D eigenvalue weighted by atomic mass is 9.96.